The number of rotatable bonds is 8. The number of nitrogens with zero attached hydrogens (tertiary/aromatic N) is 3. The summed E-state index contributed by atoms with van der Waals surface area (Å²) in [7, 11) is 0. The zero-order chi connectivity index (χ0) is 17.2. The Hall–Kier alpha value is -2.38. The van der Waals surface area contributed by atoms with Crippen LogP contribution in [-0.4, -0.2) is 36.5 Å². The van der Waals surface area contributed by atoms with E-state index >= 15 is 0 Å². The molecule has 0 radical (unpaired) electrons. The standard InChI is InChI=1S/C16H19N3O3S/c1-3-13-10-14(23-12(13)2)16(21)22-11-15(20)19(8-4-6-17)9-5-7-18/h10H,3-5,8-9,11H2,1-2H3. The molecule has 1 amide bonds. The van der Waals surface area contributed by atoms with Crippen LogP contribution in [0.1, 0.15) is 39.9 Å². The van der Waals surface area contributed by atoms with E-state index in [2.05, 4.69) is 0 Å². The summed E-state index contributed by atoms with van der Waals surface area (Å²) in [5.41, 5.74) is 1.10. The second-order valence-corrected chi connectivity index (χ2v) is 6.08. The molecule has 1 aromatic rings. The van der Waals surface area contributed by atoms with Crippen LogP contribution in [0.25, 0.3) is 0 Å². The lowest BCUT2D eigenvalue weighted by atomic mass is 10.2. The van der Waals surface area contributed by atoms with Crippen molar-refractivity contribution in [3.8, 4) is 12.1 Å². The molecule has 23 heavy (non-hydrogen) atoms. The Bertz CT molecular complexity index is 622. The number of ether oxygens (including phenoxy) is 1. The van der Waals surface area contributed by atoms with Crippen LogP contribution in [-0.2, 0) is 16.0 Å². The van der Waals surface area contributed by atoms with Gasteiger partial charge < -0.3 is 9.64 Å². The molecule has 122 valence electrons. The van der Waals surface area contributed by atoms with Crippen LogP contribution in [0.15, 0.2) is 6.07 Å². The zero-order valence-electron chi connectivity index (χ0n) is 13.3. The molecule has 0 N–H and O–H groups in total. The van der Waals surface area contributed by atoms with Gasteiger partial charge in [-0.3, -0.25) is 4.79 Å². The maximum atomic E-state index is 12.1. The highest BCUT2D eigenvalue weighted by Crippen LogP contribution is 2.22. The maximum Gasteiger partial charge on any atom is 0.348 e. The largest absolute Gasteiger partial charge is 0.451 e. The number of nitriles is 2. The van der Waals surface area contributed by atoms with Gasteiger partial charge in [0, 0.05) is 18.0 Å². The Morgan fingerprint density at radius 1 is 1.26 bits per heavy atom. The number of amides is 1. The molecule has 0 aliphatic carbocycles. The Kier molecular flexibility index (Phi) is 7.79. The highest BCUT2D eigenvalue weighted by Gasteiger charge is 2.18. The Balaban J connectivity index is 2.59. The summed E-state index contributed by atoms with van der Waals surface area (Å²) in [5.74, 6) is -0.917. The van der Waals surface area contributed by atoms with Crippen LogP contribution in [0, 0.1) is 29.6 Å². The molecule has 0 spiro atoms. The van der Waals surface area contributed by atoms with Gasteiger partial charge in [0.2, 0.25) is 0 Å². The second kappa shape index (κ2) is 9.60. The van der Waals surface area contributed by atoms with Gasteiger partial charge in [0.15, 0.2) is 6.61 Å². The first kappa shape index (κ1) is 18.7. The number of thiophene rings is 1. The molecule has 0 bridgehead atoms. The Labute approximate surface area is 139 Å². The summed E-state index contributed by atoms with van der Waals surface area (Å²) < 4.78 is 5.06. The fourth-order valence-electron chi connectivity index (χ4n) is 1.99. The first-order chi connectivity index (χ1) is 11.0. The average Bonchev–Trinajstić information content (AvgIpc) is 2.93. The first-order valence-corrected chi connectivity index (χ1v) is 8.13. The summed E-state index contributed by atoms with van der Waals surface area (Å²) in [5, 5.41) is 17.2. The van der Waals surface area contributed by atoms with E-state index in [9.17, 15) is 9.59 Å². The molecule has 1 aromatic heterocycles. The van der Waals surface area contributed by atoms with Crippen molar-refractivity contribution in [1.82, 2.24) is 4.90 Å². The molecule has 0 saturated carbocycles. The minimum atomic E-state index is -0.522. The highest BCUT2D eigenvalue weighted by molar-refractivity contribution is 7.14. The molecular weight excluding hydrogens is 314 g/mol. The highest BCUT2D eigenvalue weighted by atomic mass is 32.1. The smallest absolute Gasteiger partial charge is 0.348 e. The number of aryl methyl sites for hydroxylation is 2. The molecule has 0 fully saturated rings. The minimum absolute atomic E-state index is 0.176. The van der Waals surface area contributed by atoms with Gasteiger partial charge >= 0.3 is 5.97 Å². The third kappa shape index (κ3) is 5.72. The molecule has 1 heterocycles. The summed E-state index contributed by atoms with van der Waals surface area (Å²) >= 11 is 1.35. The van der Waals surface area contributed by atoms with E-state index in [-0.39, 0.29) is 32.5 Å². The number of carbonyl (C=O) groups is 2. The van der Waals surface area contributed by atoms with Crippen LogP contribution in [0.5, 0.6) is 0 Å². The quantitative estimate of drug-likeness (QED) is 0.681. The molecule has 6 nitrogen and oxygen atoms in total. The molecule has 0 saturated heterocycles. The SMILES string of the molecule is CCc1cc(C(=O)OCC(=O)N(CCC#N)CCC#N)sc1C. The normalized spacial score (nSPS) is 9.74. The summed E-state index contributed by atoms with van der Waals surface area (Å²) in [4.78, 5) is 27.0. The predicted molar refractivity (Wildman–Crippen MR) is 85.8 cm³/mol. The van der Waals surface area contributed by atoms with E-state index in [1.54, 1.807) is 6.07 Å². The van der Waals surface area contributed by atoms with Gasteiger partial charge in [-0.05, 0) is 25.0 Å². The van der Waals surface area contributed by atoms with Gasteiger partial charge in [0.25, 0.3) is 5.91 Å². The lowest BCUT2D eigenvalue weighted by Gasteiger charge is -2.19. The Morgan fingerprint density at radius 3 is 2.35 bits per heavy atom. The van der Waals surface area contributed by atoms with Crippen LogP contribution in [0.2, 0.25) is 0 Å². The topological polar surface area (TPSA) is 94.2 Å². The molecule has 7 heteroatoms. The van der Waals surface area contributed by atoms with Gasteiger partial charge in [-0.25, -0.2) is 4.79 Å². The van der Waals surface area contributed by atoms with Gasteiger partial charge in [-0.1, -0.05) is 6.92 Å². The lowest BCUT2D eigenvalue weighted by molar-refractivity contribution is -0.134. The summed E-state index contributed by atoms with van der Waals surface area (Å²) in [6.45, 7) is 4.03. The number of hydrogen-bond donors (Lipinski definition) is 0. The Morgan fingerprint density at radius 2 is 1.87 bits per heavy atom. The van der Waals surface area contributed by atoms with E-state index in [0.717, 1.165) is 16.9 Å². The predicted octanol–water partition coefficient (Wildman–Crippen LogP) is 2.43. The molecule has 0 unspecified atom stereocenters. The first-order valence-electron chi connectivity index (χ1n) is 7.31. The molecule has 0 aliphatic rings. The molecule has 1 rings (SSSR count). The average molecular weight is 333 g/mol. The van der Waals surface area contributed by atoms with Crippen LogP contribution >= 0.6 is 11.3 Å². The minimum Gasteiger partial charge on any atom is -0.451 e. The van der Waals surface area contributed by atoms with Gasteiger partial charge in [-0.2, -0.15) is 10.5 Å². The van der Waals surface area contributed by atoms with E-state index in [0.29, 0.717) is 4.88 Å². The summed E-state index contributed by atoms with van der Waals surface area (Å²) in [6, 6.07) is 5.69. The summed E-state index contributed by atoms with van der Waals surface area (Å²) in [6.07, 6.45) is 1.19. The van der Waals surface area contributed by atoms with Crippen LogP contribution in [0.3, 0.4) is 0 Å². The van der Waals surface area contributed by atoms with Crippen molar-refractivity contribution in [1.29, 1.82) is 10.5 Å². The van der Waals surface area contributed by atoms with Gasteiger partial charge in [-0.15, -0.1) is 11.3 Å². The maximum absolute atomic E-state index is 12.1. The van der Waals surface area contributed by atoms with Crippen molar-refractivity contribution in [3.63, 3.8) is 0 Å². The molecule has 0 aromatic carbocycles. The fraction of sp³-hybridized carbons (Fsp3) is 0.500. The lowest BCUT2D eigenvalue weighted by Crippen LogP contribution is -2.36. The van der Waals surface area contributed by atoms with E-state index < -0.39 is 11.9 Å². The van der Waals surface area contributed by atoms with Crippen molar-refractivity contribution in [2.45, 2.75) is 33.1 Å². The fourth-order valence-corrected chi connectivity index (χ4v) is 3.00. The number of carbonyl (C=O) groups excluding carboxylic acids is 2. The molecule has 0 aliphatic heterocycles. The van der Waals surface area contributed by atoms with Crippen molar-refractivity contribution >= 4 is 23.2 Å². The van der Waals surface area contributed by atoms with Crippen LogP contribution in [0.4, 0.5) is 0 Å². The van der Waals surface area contributed by atoms with E-state index in [4.69, 9.17) is 15.3 Å². The van der Waals surface area contributed by atoms with Crippen LogP contribution < -0.4 is 0 Å². The molecule has 0 atom stereocenters. The third-order valence-corrected chi connectivity index (χ3v) is 4.34. The van der Waals surface area contributed by atoms with E-state index in [1.807, 2.05) is 26.0 Å². The van der Waals surface area contributed by atoms with Crippen molar-refractivity contribution in [2.24, 2.45) is 0 Å². The van der Waals surface area contributed by atoms with Gasteiger partial charge in [0.1, 0.15) is 4.88 Å². The zero-order valence-corrected chi connectivity index (χ0v) is 14.1. The van der Waals surface area contributed by atoms with Crippen molar-refractivity contribution in [2.75, 3.05) is 19.7 Å². The monoisotopic (exact) mass is 333 g/mol. The number of esters is 1. The molecular formula is C16H19N3O3S. The van der Waals surface area contributed by atoms with Gasteiger partial charge in [0.05, 0.1) is 25.0 Å². The van der Waals surface area contributed by atoms with Crippen molar-refractivity contribution < 1.29 is 14.3 Å². The number of hydrogen-bond acceptors (Lipinski definition) is 6. The third-order valence-electron chi connectivity index (χ3n) is 3.27. The van der Waals surface area contributed by atoms with Crippen molar-refractivity contribution in [3.05, 3.63) is 21.4 Å². The van der Waals surface area contributed by atoms with E-state index in [1.165, 1.54) is 16.2 Å². The second-order valence-electron chi connectivity index (χ2n) is 4.82.